The second-order valence-electron chi connectivity index (χ2n) is 21.2. The third-order valence-corrected chi connectivity index (χ3v) is 15.6. The van der Waals surface area contributed by atoms with E-state index in [9.17, 15) is 29.7 Å². The fourth-order valence-corrected chi connectivity index (χ4v) is 11.0. The van der Waals surface area contributed by atoms with Crippen molar-refractivity contribution in [2.75, 3.05) is 27.9 Å². The number of methoxy groups -OCH3 is 3. The van der Waals surface area contributed by atoms with Gasteiger partial charge < -0.3 is 48.6 Å². The number of ketones is 2. The molecule has 1 saturated carbocycles. The van der Waals surface area contributed by atoms with Gasteiger partial charge in [0.1, 0.15) is 35.9 Å². The van der Waals surface area contributed by atoms with Crippen LogP contribution in [-0.2, 0) is 42.9 Å². The first-order valence-corrected chi connectivity index (χ1v) is 26.1. The lowest BCUT2D eigenvalue weighted by Crippen LogP contribution is -2.65. The second kappa shape index (κ2) is 27.3. The van der Waals surface area contributed by atoms with Crippen LogP contribution in [0.3, 0.4) is 0 Å². The molecular weight excluding hydrogens is 907 g/mol. The summed E-state index contributed by atoms with van der Waals surface area (Å²) in [6, 6.07) is 7.76. The Kier molecular flexibility index (Phi) is 22.3. The van der Waals surface area contributed by atoms with Gasteiger partial charge >= 0.3 is 5.97 Å². The zero-order valence-corrected chi connectivity index (χ0v) is 44.1. The van der Waals surface area contributed by atoms with Crippen molar-refractivity contribution in [1.29, 1.82) is 0 Å². The first kappa shape index (κ1) is 57.9. The average molecular weight is 992 g/mol. The summed E-state index contributed by atoms with van der Waals surface area (Å²) < 4.78 is 36.8. The molecule has 14 nitrogen and oxygen atoms in total. The zero-order valence-electron chi connectivity index (χ0n) is 44.1. The van der Waals surface area contributed by atoms with E-state index in [1.807, 2.05) is 71.1 Å². The van der Waals surface area contributed by atoms with Gasteiger partial charge in [0.2, 0.25) is 11.9 Å². The van der Waals surface area contributed by atoms with Gasteiger partial charge in [0.15, 0.2) is 5.78 Å². The van der Waals surface area contributed by atoms with E-state index >= 15 is 4.79 Å². The molecule has 0 spiro atoms. The molecule has 1 amide bonds. The lowest BCUT2D eigenvalue weighted by Gasteiger charge is -2.47. The maximum atomic E-state index is 15.3. The van der Waals surface area contributed by atoms with Crippen molar-refractivity contribution in [1.82, 2.24) is 4.90 Å². The summed E-state index contributed by atoms with van der Waals surface area (Å²) in [6.45, 7) is 13.2. The molecule has 14 heteroatoms. The Labute approximate surface area is 423 Å². The highest BCUT2D eigenvalue weighted by molar-refractivity contribution is 5.89. The Morgan fingerprint density at radius 2 is 1.56 bits per heavy atom. The minimum atomic E-state index is -2.10. The van der Waals surface area contributed by atoms with Gasteiger partial charge in [-0.2, -0.15) is 0 Å². The van der Waals surface area contributed by atoms with E-state index in [2.05, 4.69) is 0 Å². The monoisotopic (exact) mass is 992 g/mol. The van der Waals surface area contributed by atoms with E-state index in [-0.39, 0.29) is 54.5 Å². The Bertz CT molecular complexity index is 2020. The number of fused-ring (bicyclic) bond motifs is 3. The third-order valence-electron chi connectivity index (χ3n) is 15.6. The Hall–Kier alpha value is -4.02. The van der Waals surface area contributed by atoms with Gasteiger partial charge in [-0.15, -0.1) is 0 Å². The highest BCUT2D eigenvalue weighted by Gasteiger charge is 2.55. The molecule has 1 aromatic carbocycles. The summed E-state index contributed by atoms with van der Waals surface area (Å²) in [5.41, 5.74) is 1.33. The molecule has 396 valence electrons. The number of hydrogen-bond acceptors (Lipinski definition) is 13. The number of benzene rings is 1. The molecule has 1 aliphatic carbocycles. The van der Waals surface area contributed by atoms with Crippen LogP contribution in [0.4, 0.5) is 0 Å². The fourth-order valence-electron chi connectivity index (χ4n) is 11.0. The van der Waals surface area contributed by atoms with Crippen LogP contribution in [0, 0.1) is 35.5 Å². The quantitative estimate of drug-likeness (QED) is 0.168. The molecule has 3 N–H and O–H groups in total. The fraction of sp³-hybridized carbons (Fsp3) is 0.684. The number of nitrogens with zero attached hydrogens (tertiary/aromatic N) is 1. The zero-order chi connectivity index (χ0) is 52.0. The predicted octanol–water partition coefficient (Wildman–Crippen LogP) is 8.06. The minimum absolute atomic E-state index is 0.0258. The number of esters is 1. The largest absolute Gasteiger partial charge is 0.475 e. The summed E-state index contributed by atoms with van der Waals surface area (Å²) >= 11 is 0. The van der Waals surface area contributed by atoms with Crippen molar-refractivity contribution < 1.29 is 62.9 Å². The number of carbonyl (C=O) groups excluding carboxylic acids is 4. The van der Waals surface area contributed by atoms with Gasteiger partial charge in [-0.3, -0.25) is 14.4 Å². The smallest absolute Gasteiger partial charge is 0.329 e. The van der Waals surface area contributed by atoms with Crippen LogP contribution < -0.4 is 4.74 Å². The lowest BCUT2D eigenvalue weighted by molar-refractivity contribution is -0.313. The number of cyclic esters (lactones) is 1. The molecule has 2 bridgehead atoms. The molecule has 4 aliphatic rings. The van der Waals surface area contributed by atoms with Crippen LogP contribution in [0.1, 0.15) is 126 Å². The number of allylic oxidation sites excluding steroid dienone is 6. The van der Waals surface area contributed by atoms with E-state index in [0.29, 0.717) is 75.5 Å². The number of carbonyl (C=O) groups is 4. The van der Waals surface area contributed by atoms with Gasteiger partial charge in [-0.25, -0.2) is 4.79 Å². The van der Waals surface area contributed by atoms with Gasteiger partial charge in [-0.05, 0) is 119 Å². The molecule has 5 rings (SSSR count). The van der Waals surface area contributed by atoms with E-state index in [0.717, 1.165) is 12.0 Å². The van der Waals surface area contributed by atoms with E-state index in [1.165, 1.54) is 12.0 Å². The van der Waals surface area contributed by atoms with Crippen molar-refractivity contribution >= 4 is 23.4 Å². The van der Waals surface area contributed by atoms with Crippen LogP contribution >= 0.6 is 0 Å². The van der Waals surface area contributed by atoms with Crippen molar-refractivity contribution in [2.24, 2.45) is 35.5 Å². The summed E-state index contributed by atoms with van der Waals surface area (Å²) in [6.07, 6.45) is 10.6. The maximum Gasteiger partial charge on any atom is 0.329 e. The van der Waals surface area contributed by atoms with Gasteiger partial charge in [-0.1, -0.05) is 89.3 Å². The van der Waals surface area contributed by atoms with Gasteiger partial charge in [0.25, 0.3) is 5.91 Å². The lowest BCUT2D eigenvalue weighted by atomic mass is 9.78. The van der Waals surface area contributed by atoms with Gasteiger partial charge in [0.05, 0.1) is 24.4 Å². The first-order valence-electron chi connectivity index (χ1n) is 26.1. The topological polar surface area (TPSA) is 188 Å². The molecule has 3 fully saturated rings. The number of amides is 1. The highest BCUT2D eigenvalue weighted by Crippen LogP contribution is 2.40. The van der Waals surface area contributed by atoms with Crippen molar-refractivity contribution in [2.45, 2.75) is 186 Å². The van der Waals surface area contributed by atoms with Crippen molar-refractivity contribution in [3.05, 3.63) is 77.9 Å². The molecular formula is C57H85NO13. The van der Waals surface area contributed by atoms with Crippen molar-refractivity contribution in [3.8, 4) is 5.75 Å². The van der Waals surface area contributed by atoms with Crippen LogP contribution in [0.25, 0.3) is 0 Å². The predicted molar refractivity (Wildman–Crippen MR) is 271 cm³/mol. The van der Waals surface area contributed by atoms with Crippen LogP contribution in [0.15, 0.2) is 77.9 Å². The SMILES string of the molecule is CO[C@H]1C[C@@H]2CC[C@@H](C)[C@@](O)(O2)[C@H](Oc2ccccc2)C(=O)N2CCCCC2C(=O)OC([C@H](C)CC2CC[C@@H](O)[C@H](OC)C2)CC(=O)[C@H](C)/C=C(\C)C(O)[C@@H](OC)C(=O)C(C)CC(C)/C=C/C=CC=C1C. The summed E-state index contributed by atoms with van der Waals surface area (Å²) in [4.78, 5) is 59.6. The molecule has 1 aromatic rings. The molecule has 6 unspecified atom stereocenters. The number of aliphatic hydroxyl groups is 3. The van der Waals surface area contributed by atoms with E-state index < -0.39 is 78.1 Å². The summed E-state index contributed by atoms with van der Waals surface area (Å²) in [5.74, 6) is -5.37. The highest BCUT2D eigenvalue weighted by atomic mass is 16.7. The summed E-state index contributed by atoms with van der Waals surface area (Å²) in [5, 5.41) is 34.9. The molecule has 0 radical (unpaired) electrons. The third kappa shape index (κ3) is 15.5. The number of Topliss-reactive ketones (excluding diaryl/α,β-unsaturated/α-hetero) is 2. The summed E-state index contributed by atoms with van der Waals surface area (Å²) in [7, 11) is 4.60. The first-order chi connectivity index (χ1) is 33.8. The number of ether oxygens (including phenoxy) is 6. The van der Waals surface area contributed by atoms with Gasteiger partial charge in [0, 0.05) is 58.5 Å². The number of aliphatic hydroxyl groups excluding tert-OH is 2. The number of para-hydroxylation sites is 1. The maximum absolute atomic E-state index is 15.3. The second-order valence-corrected chi connectivity index (χ2v) is 21.2. The Morgan fingerprint density at radius 1 is 0.831 bits per heavy atom. The molecule has 71 heavy (non-hydrogen) atoms. The van der Waals surface area contributed by atoms with E-state index in [4.69, 9.17) is 28.4 Å². The average Bonchev–Trinajstić information content (AvgIpc) is 3.35. The molecule has 0 aromatic heterocycles. The number of hydrogen-bond donors (Lipinski definition) is 3. The van der Waals surface area contributed by atoms with E-state index in [1.54, 1.807) is 58.4 Å². The Balaban J connectivity index is 1.54. The van der Waals surface area contributed by atoms with Crippen LogP contribution in [0.5, 0.6) is 5.75 Å². The molecule has 3 aliphatic heterocycles. The Morgan fingerprint density at radius 3 is 2.25 bits per heavy atom. The molecule has 3 heterocycles. The normalized spacial score (nSPS) is 37.7. The standard InChI is InChI=1S/C57H85NO13/c1-35-19-13-11-14-20-36(2)48(66-8)33-44-26-24-41(7)57(65,71-44)54(69-43-21-15-12-16-22-43)55(63)58-28-18-17-23-45(58)56(64)70-49(38(4)31-42-25-27-46(59)50(32-42)67-9)34-47(60)37(3)30-40(6)52(62)53(68-10)51(61)39(5)29-35/h11-16,19-22,30,35,37-39,41-42,44-46,48-50,52-54,59,62,65H,17-18,23-29,31-34H2,1-10H3/b14-11?,19-13+,36-20?,40-30+/t35?,37-,38-,39?,41-,42?,44+,45?,46-,48+,49?,50-,52?,53+,54-,57-/m1/s1. The molecule has 2 saturated heterocycles. The van der Waals surface area contributed by atoms with Crippen LogP contribution in [0.2, 0.25) is 0 Å². The van der Waals surface area contributed by atoms with Crippen LogP contribution in [-0.4, -0.2) is 132 Å². The number of rotatable bonds is 8. The minimum Gasteiger partial charge on any atom is -0.475 e. The van der Waals surface area contributed by atoms with Crippen molar-refractivity contribution in [3.63, 3.8) is 0 Å². The number of piperidine rings is 1. The molecule has 16 atom stereocenters.